The van der Waals surface area contributed by atoms with Crippen LogP contribution in [0.25, 0.3) is 80.7 Å². The molecule has 4 atom stereocenters. The first-order valence-electron chi connectivity index (χ1n) is 32.8. The highest BCUT2D eigenvalue weighted by Gasteiger charge is 2.35. The van der Waals surface area contributed by atoms with Crippen molar-refractivity contribution >= 4 is 196 Å². The summed E-state index contributed by atoms with van der Waals surface area (Å²) in [5, 5.41) is 3.93. The lowest BCUT2D eigenvalue weighted by atomic mass is 9.92. The van der Waals surface area contributed by atoms with E-state index in [-0.39, 0.29) is 139 Å². The van der Waals surface area contributed by atoms with Gasteiger partial charge < -0.3 is 56.8 Å². The number of esters is 4. The van der Waals surface area contributed by atoms with Gasteiger partial charge in [-0.1, -0.05) is 94.9 Å². The lowest BCUT2D eigenvalue weighted by Crippen LogP contribution is -2.44. The molecule has 0 saturated carbocycles. The molecule has 4 heterocycles. The van der Waals surface area contributed by atoms with Crippen LogP contribution in [0.15, 0.2) is 165 Å². The molecule has 4 unspecified atom stereocenters. The molecular formula is C77H64Cl4O20S4. The SMILES string of the molecule is CC(COCC(COCC(C)OC(=O)COc1ccc(Cl)c2c(=O)c3ccccc3sc12)(COCC(C)OC(=O)COc1ccc(Cl)c2c(=O)c3ccccc3sc12)COCC(C)OC(=O)COc1ccc(Cl)c2c(=O)c3ccccc3sc12)OC(=O)COc1ccc(Cl)c2c(=O)c3ccccc3sc12. The van der Waals surface area contributed by atoms with E-state index in [1.165, 1.54) is 69.6 Å². The number of hydrogen-bond acceptors (Lipinski definition) is 24. The maximum Gasteiger partial charge on any atom is 0.344 e. The molecule has 544 valence electrons. The van der Waals surface area contributed by atoms with Crippen LogP contribution in [0.4, 0.5) is 0 Å². The van der Waals surface area contributed by atoms with Gasteiger partial charge in [0.25, 0.3) is 0 Å². The Hall–Kier alpha value is -8.60. The zero-order chi connectivity index (χ0) is 74.1. The van der Waals surface area contributed by atoms with Gasteiger partial charge >= 0.3 is 23.9 Å². The van der Waals surface area contributed by atoms with Crippen LogP contribution in [0, 0.1) is 5.41 Å². The van der Waals surface area contributed by atoms with E-state index in [0.29, 0.717) is 59.1 Å². The lowest BCUT2D eigenvalue weighted by molar-refractivity contribution is -0.164. The van der Waals surface area contributed by atoms with Crippen LogP contribution in [-0.2, 0) is 57.1 Å². The maximum absolute atomic E-state index is 13.5. The van der Waals surface area contributed by atoms with Crippen molar-refractivity contribution in [2.75, 3.05) is 79.3 Å². The van der Waals surface area contributed by atoms with E-state index in [1.54, 1.807) is 100 Å². The normalized spacial score (nSPS) is 13.4. The fourth-order valence-corrected chi connectivity index (χ4v) is 17.4. The summed E-state index contributed by atoms with van der Waals surface area (Å²) >= 11 is 31.3. The Balaban J connectivity index is 0.734. The largest absolute Gasteiger partial charge is 0.480 e. The van der Waals surface area contributed by atoms with Crippen molar-refractivity contribution in [3.8, 4) is 23.0 Å². The number of halogens is 4. The van der Waals surface area contributed by atoms with Gasteiger partial charge in [0.2, 0.25) is 0 Å². The van der Waals surface area contributed by atoms with Gasteiger partial charge in [0.1, 0.15) is 47.4 Å². The van der Waals surface area contributed by atoms with Crippen molar-refractivity contribution in [3.63, 3.8) is 0 Å². The summed E-state index contributed by atoms with van der Waals surface area (Å²) in [7, 11) is 0. The molecule has 12 rings (SSSR count). The van der Waals surface area contributed by atoms with Gasteiger partial charge in [0, 0.05) is 40.3 Å². The van der Waals surface area contributed by atoms with Crippen LogP contribution in [0.5, 0.6) is 23.0 Å². The molecule has 0 fully saturated rings. The molecule has 0 aliphatic carbocycles. The minimum absolute atomic E-state index is 0.191. The summed E-state index contributed by atoms with van der Waals surface area (Å²) in [6, 6.07) is 40.8. The van der Waals surface area contributed by atoms with Crippen molar-refractivity contribution in [1.82, 2.24) is 0 Å². The number of hydrogen-bond donors (Lipinski definition) is 0. The summed E-state index contributed by atoms with van der Waals surface area (Å²) in [6.07, 6.45) is -3.54. The third kappa shape index (κ3) is 17.9. The lowest BCUT2D eigenvalue weighted by Gasteiger charge is -2.34. The average molecular weight is 1580 g/mol. The summed E-state index contributed by atoms with van der Waals surface area (Å²) in [5.74, 6) is -2.02. The van der Waals surface area contributed by atoms with E-state index in [9.17, 15) is 38.4 Å². The Bertz CT molecular complexity index is 4890. The Labute approximate surface area is 634 Å². The van der Waals surface area contributed by atoms with Gasteiger partial charge in [-0.05, 0) is 125 Å². The van der Waals surface area contributed by atoms with Crippen LogP contribution in [-0.4, -0.2) is 128 Å². The highest BCUT2D eigenvalue weighted by Crippen LogP contribution is 2.40. The predicted octanol–water partition coefficient (Wildman–Crippen LogP) is 15.6. The Kier molecular flexibility index (Phi) is 24.9. The molecule has 20 nitrogen and oxygen atoms in total. The second-order valence-corrected chi connectivity index (χ2v) is 30.5. The summed E-state index contributed by atoms with van der Waals surface area (Å²) in [6.45, 7) is 2.63. The fraction of sp³-hybridized carbons (Fsp3) is 0.273. The van der Waals surface area contributed by atoms with Crippen molar-refractivity contribution in [2.24, 2.45) is 5.41 Å². The molecule has 0 bridgehead atoms. The number of benzene rings is 8. The standard InChI is InChI=1S/C77H64Cl4O20S4/c1-41(98-61(82)33-94-53-25-21-49(78)65-69(86)45-13-5-9-17-57(45)102-73(53)65)29-90-37-77(38-91-30-42(2)99-62(83)34-95-54-26-22-50(79)66-70(87)46-14-6-10-18-58(46)103-74(54)66,39-92-31-43(3)100-63(84)35-96-55-27-23-51(80)67-71(88)47-15-7-11-19-59(47)104-75(55)67)40-93-32-44(4)101-64(85)36-97-56-28-24-52(81)68-72(89)48-16-8-12-20-60(48)105-76(56)68/h5-28,41-44H,29-40H2,1-4H3. The minimum Gasteiger partial charge on any atom is -0.480 e. The van der Waals surface area contributed by atoms with E-state index < -0.39 is 80.1 Å². The van der Waals surface area contributed by atoms with Crippen molar-refractivity contribution in [2.45, 2.75) is 52.1 Å². The van der Waals surface area contributed by atoms with Gasteiger partial charge in [0.15, 0.2) is 48.1 Å². The highest BCUT2D eigenvalue weighted by atomic mass is 35.5. The van der Waals surface area contributed by atoms with Crippen LogP contribution >= 0.6 is 91.8 Å². The highest BCUT2D eigenvalue weighted by molar-refractivity contribution is 7.26. The van der Waals surface area contributed by atoms with Crippen LogP contribution < -0.4 is 40.7 Å². The van der Waals surface area contributed by atoms with E-state index in [1.807, 2.05) is 48.5 Å². The van der Waals surface area contributed by atoms with Gasteiger partial charge in [-0.25, -0.2) is 19.2 Å². The van der Waals surface area contributed by atoms with E-state index in [4.69, 9.17) is 103 Å². The number of carbonyl (C=O) groups excluding carboxylic acids is 4. The van der Waals surface area contributed by atoms with Gasteiger partial charge in [-0.15, -0.1) is 45.3 Å². The number of ether oxygens (including phenoxy) is 12. The molecule has 0 aliphatic rings. The molecule has 0 spiro atoms. The summed E-state index contributed by atoms with van der Waals surface area (Å²) in [4.78, 5) is 108. The minimum atomic E-state index is -1.30. The second-order valence-electron chi connectivity index (χ2n) is 24.6. The predicted molar refractivity (Wildman–Crippen MR) is 412 cm³/mol. The Morgan fingerprint density at radius 3 is 0.752 bits per heavy atom. The first kappa shape index (κ1) is 76.1. The number of carbonyl (C=O) groups is 4. The summed E-state index contributed by atoms with van der Waals surface area (Å²) < 4.78 is 76.9. The Morgan fingerprint density at radius 2 is 0.533 bits per heavy atom. The van der Waals surface area contributed by atoms with E-state index in [2.05, 4.69) is 0 Å². The zero-order valence-corrected chi connectivity index (χ0v) is 62.8. The van der Waals surface area contributed by atoms with Crippen LogP contribution in [0.2, 0.25) is 20.1 Å². The topological polar surface area (TPSA) is 247 Å². The third-order valence-electron chi connectivity index (χ3n) is 16.3. The maximum atomic E-state index is 13.5. The van der Waals surface area contributed by atoms with Gasteiger partial charge in [0.05, 0.1) is 119 Å². The molecule has 8 aromatic carbocycles. The van der Waals surface area contributed by atoms with Crippen LogP contribution in [0.1, 0.15) is 27.7 Å². The van der Waals surface area contributed by atoms with E-state index >= 15 is 0 Å². The van der Waals surface area contributed by atoms with Crippen LogP contribution in [0.3, 0.4) is 0 Å². The van der Waals surface area contributed by atoms with E-state index in [0.717, 1.165) is 0 Å². The molecule has 0 saturated heterocycles. The average Bonchev–Trinajstić information content (AvgIpc) is 0.781. The van der Waals surface area contributed by atoms with Gasteiger partial charge in [-0.3, -0.25) is 19.2 Å². The fourth-order valence-electron chi connectivity index (χ4n) is 11.5. The first-order valence-corrected chi connectivity index (χ1v) is 37.6. The third-order valence-corrected chi connectivity index (χ3v) is 22.3. The molecule has 0 aliphatic heterocycles. The second kappa shape index (κ2) is 34.3. The molecule has 4 aromatic heterocycles. The quantitative estimate of drug-likeness (QED) is 0.0216. The monoisotopic (exact) mass is 1580 g/mol. The zero-order valence-electron chi connectivity index (χ0n) is 56.5. The number of fused-ring (bicyclic) bond motifs is 8. The Morgan fingerprint density at radius 1 is 0.324 bits per heavy atom. The molecular weight excluding hydrogens is 1510 g/mol. The van der Waals surface area contributed by atoms with Crippen molar-refractivity contribution in [3.05, 3.63) is 207 Å². The smallest absolute Gasteiger partial charge is 0.344 e. The molecule has 105 heavy (non-hydrogen) atoms. The molecule has 12 aromatic rings. The molecule has 0 N–H and O–H groups in total. The molecule has 0 radical (unpaired) electrons. The van der Waals surface area contributed by atoms with Crippen molar-refractivity contribution < 1.29 is 76.0 Å². The summed E-state index contributed by atoms with van der Waals surface area (Å²) in [5.41, 5.74) is -2.41. The number of rotatable bonds is 32. The van der Waals surface area contributed by atoms with Crippen molar-refractivity contribution in [1.29, 1.82) is 0 Å². The molecule has 0 amide bonds. The molecule has 28 heteroatoms. The van der Waals surface area contributed by atoms with Gasteiger partial charge in [-0.2, -0.15) is 0 Å². The first-order chi connectivity index (χ1) is 50.6.